The monoisotopic (exact) mass is 184 g/mol. The molecule has 1 unspecified atom stereocenters. The molecular weight excluding hydrogens is 164 g/mol. The molecule has 2 heteroatoms. The predicted octanol–water partition coefficient (Wildman–Crippen LogP) is 2.48. The highest BCUT2D eigenvalue weighted by Gasteiger charge is 2.32. The second kappa shape index (κ2) is 3.33. The second-order valence-electron chi connectivity index (χ2n) is 5.28. The lowest BCUT2D eigenvalue weighted by molar-refractivity contribution is 0.0515. The molecule has 0 fully saturated rings. The minimum atomic E-state index is -0.700. The second-order valence-corrected chi connectivity index (χ2v) is 5.28. The highest BCUT2D eigenvalue weighted by molar-refractivity contribution is 5.16. The summed E-state index contributed by atoms with van der Waals surface area (Å²) >= 11 is 0. The predicted molar refractivity (Wildman–Crippen MR) is 53.3 cm³/mol. The topological polar surface area (TPSA) is 29.5 Å². The first kappa shape index (κ1) is 10.6. The molecule has 0 aliphatic carbocycles. The van der Waals surface area contributed by atoms with Gasteiger partial charge in [0, 0.05) is 6.42 Å². The van der Waals surface area contributed by atoms with Crippen molar-refractivity contribution in [2.45, 2.75) is 46.1 Å². The number of hydrogen-bond acceptors (Lipinski definition) is 2. The first-order valence-electron chi connectivity index (χ1n) is 4.85. The van der Waals surface area contributed by atoms with E-state index < -0.39 is 5.60 Å². The van der Waals surface area contributed by atoms with E-state index in [1.165, 1.54) is 0 Å². The van der Waals surface area contributed by atoms with Crippen molar-refractivity contribution < 1.29 is 9.84 Å². The molecule has 0 aromatic heterocycles. The zero-order chi connectivity index (χ0) is 10.1. The molecule has 2 nitrogen and oxygen atoms in total. The average molecular weight is 184 g/mol. The summed E-state index contributed by atoms with van der Waals surface area (Å²) in [4.78, 5) is 0. The van der Waals surface area contributed by atoms with Crippen LogP contribution < -0.4 is 0 Å². The standard InChI is InChI=1S/C11H20O2/c1-10(2,3)8-11(4,12)9-5-6-13-7-9/h7,12H,5-6,8H2,1-4H3. The Hall–Kier alpha value is -0.500. The van der Waals surface area contributed by atoms with Gasteiger partial charge in [-0.25, -0.2) is 0 Å². The third kappa shape index (κ3) is 3.03. The number of hydrogen-bond donors (Lipinski definition) is 1. The van der Waals surface area contributed by atoms with E-state index >= 15 is 0 Å². The van der Waals surface area contributed by atoms with Crippen LogP contribution in [0, 0.1) is 5.41 Å². The van der Waals surface area contributed by atoms with Gasteiger partial charge in [-0.15, -0.1) is 0 Å². The molecule has 1 aliphatic heterocycles. The van der Waals surface area contributed by atoms with Crippen molar-refractivity contribution in [2.75, 3.05) is 6.61 Å². The molecular formula is C11H20O2. The zero-order valence-electron chi connectivity index (χ0n) is 9.05. The van der Waals surface area contributed by atoms with Gasteiger partial charge in [-0.1, -0.05) is 20.8 Å². The SMILES string of the molecule is CC(C)(C)CC(C)(O)C1=COCC1. The Morgan fingerprint density at radius 3 is 2.38 bits per heavy atom. The molecule has 0 radical (unpaired) electrons. The molecule has 1 atom stereocenters. The Balaban J connectivity index is 2.65. The van der Waals surface area contributed by atoms with E-state index in [9.17, 15) is 5.11 Å². The average Bonchev–Trinajstić information content (AvgIpc) is 2.29. The Morgan fingerprint density at radius 2 is 2.00 bits per heavy atom. The Bertz CT molecular complexity index is 209. The van der Waals surface area contributed by atoms with E-state index in [1.54, 1.807) is 6.26 Å². The molecule has 0 saturated heterocycles. The van der Waals surface area contributed by atoms with Crippen molar-refractivity contribution in [1.29, 1.82) is 0 Å². The molecule has 0 aromatic rings. The lowest BCUT2D eigenvalue weighted by atomic mass is 9.79. The van der Waals surface area contributed by atoms with Crippen LogP contribution in [0.4, 0.5) is 0 Å². The summed E-state index contributed by atoms with van der Waals surface area (Å²) in [5.74, 6) is 0. The van der Waals surface area contributed by atoms with E-state index in [0.29, 0.717) is 0 Å². The minimum absolute atomic E-state index is 0.146. The highest BCUT2D eigenvalue weighted by atomic mass is 16.5. The maximum absolute atomic E-state index is 10.2. The summed E-state index contributed by atoms with van der Waals surface area (Å²) in [5.41, 5.74) is 0.476. The van der Waals surface area contributed by atoms with Gasteiger partial charge in [-0.05, 0) is 24.3 Å². The molecule has 0 saturated carbocycles. The lowest BCUT2D eigenvalue weighted by Gasteiger charge is -2.31. The van der Waals surface area contributed by atoms with Gasteiger partial charge in [0.05, 0.1) is 18.5 Å². The Kier molecular flexibility index (Phi) is 2.71. The van der Waals surface area contributed by atoms with Crippen molar-refractivity contribution in [3.05, 3.63) is 11.8 Å². The largest absolute Gasteiger partial charge is 0.501 e. The fraction of sp³-hybridized carbons (Fsp3) is 0.818. The number of rotatable bonds is 2. The van der Waals surface area contributed by atoms with Crippen molar-refractivity contribution >= 4 is 0 Å². The van der Waals surface area contributed by atoms with Gasteiger partial charge < -0.3 is 9.84 Å². The van der Waals surface area contributed by atoms with Gasteiger partial charge in [0.25, 0.3) is 0 Å². The fourth-order valence-electron chi connectivity index (χ4n) is 1.93. The summed E-state index contributed by atoms with van der Waals surface area (Å²) in [6.07, 6.45) is 3.35. The van der Waals surface area contributed by atoms with Crippen LogP contribution in [-0.4, -0.2) is 17.3 Å². The maximum atomic E-state index is 10.2. The van der Waals surface area contributed by atoms with Gasteiger partial charge in [0.2, 0.25) is 0 Å². The van der Waals surface area contributed by atoms with Crippen molar-refractivity contribution in [2.24, 2.45) is 5.41 Å². The molecule has 0 bridgehead atoms. The molecule has 13 heavy (non-hydrogen) atoms. The van der Waals surface area contributed by atoms with Crippen molar-refractivity contribution in [1.82, 2.24) is 0 Å². The van der Waals surface area contributed by atoms with Crippen LogP contribution in [0.25, 0.3) is 0 Å². The van der Waals surface area contributed by atoms with Crippen molar-refractivity contribution in [3.8, 4) is 0 Å². The van der Waals surface area contributed by atoms with E-state index in [4.69, 9.17) is 4.74 Å². The highest BCUT2D eigenvalue weighted by Crippen LogP contribution is 2.34. The van der Waals surface area contributed by atoms with Gasteiger partial charge >= 0.3 is 0 Å². The van der Waals surface area contributed by atoms with Crippen LogP contribution in [-0.2, 0) is 4.74 Å². The molecule has 1 aliphatic rings. The number of aliphatic hydroxyl groups is 1. The van der Waals surface area contributed by atoms with Crippen LogP contribution in [0.2, 0.25) is 0 Å². The molecule has 0 spiro atoms. The third-order valence-electron chi connectivity index (χ3n) is 2.28. The summed E-state index contributed by atoms with van der Waals surface area (Å²) in [7, 11) is 0. The van der Waals surface area contributed by atoms with Crippen LogP contribution in [0.3, 0.4) is 0 Å². The first-order valence-corrected chi connectivity index (χ1v) is 4.85. The maximum Gasteiger partial charge on any atom is 0.0912 e. The van der Waals surface area contributed by atoms with E-state index in [1.807, 2.05) is 6.92 Å². The minimum Gasteiger partial charge on any atom is -0.501 e. The Morgan fingerprint density at radius 1 is 1.38 bits per heavy atom. The molecule has 0 amide bonds. The van der Waals surface area contributed by atoms with Crippen LogP contribution in [0.1, 0.15) is 40.5 Å². The normalized spacial score (nSPS) is 22.1. The van der Waals surface area contributed by atoms with Crippen LogP contribution >= 0.6 is 0 Å². The van der Waals surface area contributed by atoms with Gasteiger partial charge in [0.1, 0.15) is 0 Å². The zero-order valence-corrected chi connectivity index (χ0v) is 9.05. The summed E-state index contributed by atoms with van der Waals surface area (Å²) < 4.78 is 5.14. The van der Waals surface area contributed by atoms with E-state index in [2.05, 4.69) is 20.8 Å². The lowest BCUT2D eigenvalue weighted by Crippen LogP contribution is -2.32. The van der Waals surface area contributed by atoms with Crippen LogP contribution in [0.5, 0.6) is 0 Å². The smallest absolute Gasteiger partial charge is 0.0912 e. The molecule has 1 rings (SSSR count). The number of ether oxygens (including phenoxy) is 1. The molecule has 1 N–H and O–H groups in total. The van der Waals surface area contributed by atoms with Gasteiger partial charge in [0.15, 0.2) is 0 Å². The fourth-order valence-corrected chi connectivity index (χ4v) is 1.93. The van der Waals surface area contributed by atoms with Gasteiger partial charge in [-0.2, -0.15) is 0 Å². The summed E-state index contributed by atoms with van der Waals surface area (Å²) in [6, 6.07) is 0. The van der Waals surface area contributed by atoms with E-state index in [0.717, 1.165) is 25.0 Å². The van der Waals surface area contributed by atoms with Crippen molar-refractivity contribution in [3.63, 3.8) is 0 Å². The molecule has 1 heterocycles. The molecule has 76 valence electrons. The molecule has 0 aromatic carbocycles. The summed E-state index contributed by atoms with van der Waals surface area (Å²) in [5, 5.41) is 10.2. The van der Waals surface area contributed by atoms with E-state index in [-0.39, 0.29) is 5.41 Å². The quantitative estimate of drug-likeness (QED) is 0.714. The first-order chi connectivity index (χ1) is 5.81. The Labute approximate surface area is 80.6 Å². The van der Waals surface area contributed by atoms with Gasteiger partial charge in [-0.3, -0.25) is 0 Å². The third-order valence-corrected chi connectivity index (χ3v) is 2.28. The van der Waals surface area contributed by atoms with Crippen LogP contribution in [0.15, 0.2) is 11.8 Å². The summed E-state index contributed by atoms with van der Waals surface area (Å²) in [6.45, 7) is 9.00.